The predicted octanol–water partition coefficient (Wildman–Crippen LogP) is 1.39. The number of aliphatic imine (C=N–C) groups is 1. The lowest BCUT2D eigenvalue weighted by Crippen LogP contribution is -2.55. The number of fused-ring (bicyclic) bond motifs is 1. The van der Waals surface area contributed by atoms with Crippen molar-refractivity contribution in [1.82, 2.24) is 25.0 Å². The Balaban J connectivity index is 1.43. The van der Waals surface area contributed by atoms with Gasteiger partial charge < -0.3 is 15.1 Å². The number of benzene rings is 1. The van der Waals surface area contributed by atoms with Crippen LogP contribution in [0.2, 0.25) is 0 Å². The Bertz CT molecular complexity index is 1020. The number of hydrogen-bond donors (Lipinski definition) is 1. The number of aryl methyl sites for hydroxylation is 1. The zero-order valence-electron chi connectivity index (χ0n) is 16.0. The largest absolute Gasteiger partial charge is 0.351 e. The van der Waals surface area contributed by atoms with Crippen LogP contribution in [0.4, 0.5) is 5.69 Å². The molecule has 3 heterocycles. The summed E-state index contributed by atoms with van der Waals surface area (Å²) in [7, 11) is 3.58. The fourth-order valence-electron chi connectivity index (χ4n) is 3.49. The minimum absolute atomic E-state index is 0.0329. The molecule has 0 aliphatic carbocycles. The third-order valence-corrected chi connectivity index (χ3v) is 4.91. The molecular formula is C20H23N7O. The number of nitrogens with one attached hydrogen (secondary N) is 1. The molecule has 0 saturated carbocycles. The topological polar surface area (TPSA) is 78.7 Å². The van der Waals surface area contributed by atoms with Gasteiger partial charge in [-0.1, -0.05) is 24.3 Å². The van der Waals surface area contributed by atoms with E-state index in [9.17, 15) is 4.79 Å². The average molecular weight is 377 g/mol. The van der Waals surface area contributed by atoms with E-state index >= 15 is 0 Å². The van der Waals surface area contributed by atoms with Crippen molar-refractivity contribution in [3.8, 4) is 0 Å². The summed E-state index contributed by atoms with van der Waals surface area (Å²) in [5.41, 5.74) is 1.79. The van der Waals surface area contributed by atoms with Crippen LogP contribution in [-0.2, 0) is 18.4 Å². The Kier molecular flexibility index (Phi) is 4.92. The van der Waals surface area contributed by atoms with E-state index in [1.54, 1.807) is 22.8 Å². The first-order valence-electron chi connectivity index (χ1n) is 9.23. The number of anilines is 1. The van der Waals surface area contributed by atoms with Gasteiger partial charge in [-0.05, 0) is 11.5 Å². The molecule has 1 aliphatic heterocycles. The second kappa shape index (κ2) is 7.67. The lowest BCUT2D eigenvalue weighted by Gasteiger charge is -2.35. The Morgan fingerprint density at radius 2 is 2.11 bits per heavy atom. The summed E-state index contributed by atoms with van der Waals surface area (Å²) < 4.78 is 1.70. The van der Waals surface area contributed by atoms with Gasteiger partial charge in [-0.3, -0.25) is 19.5 Å². The first kappa shape index (κ1) is 18.0. The third-order valence-electron chi connectivity index (χ3n) is 4.91. The molecule has 0 radical (unpaired) electrons. The maximum atomic E-state index is 12.6. The Labute approximate surface area is 163 Å². The SMILES string of the molecule is CN=C(NCc1nccc2ccccc12)N1CCN(c2cnn(C)c2)C(=O)C1. The monoisotopic (exact) mass is 377 g/mol. The molecule has 0 spiro atoms. The van der Waals surface area contributed by atoms with Crippen LogP contribution in [-0.4, -0.2) is 58.2 Å². The molecule has 1 fully saturated rings. The van der Waals surface area contributed by atoms with E-state index in [0.29, 0.717) is 25.6 Å². The molecule has 2 aromatic heterocycles. The first-order chi connectivity index (χ1) is 13.7. The smallest absolute Gasteiger partial charge is 0.246 e. The van der Waals surface area contributed by atoms with Gasteiger partial charge >= 0.3 is 0 Å². The summed E-state index contributed by atoms with van der Waals surface area (Å²) in [4.78, 5) is 25.2. The van der Waals surface area contributed by atoms with E-state index in [-0.39, 0.29) is 12.5 Å². The van der Waals surface area contributed by atoms with Crippen LogP contribution in [0.25, 0.3) is 10.8 Å². The number of nitrogens with zero attached hydrogens (tertiary/aromatic N) is 6. The van der Waals surface area contributed by atoms with Gasteiger partial charge in [-0.15, -0.1) is 0 Å². The minimum Gasteiger partial charge on any atom is -0.351 e. The van der Waals surface area contributed by atoms with E-state index in [1.807, 2.05) is 42.5 Å². The number of carbonyl (C=O) groups is 1. The molecule has 0 bridgehead atoms. The zero-order chi connectivity index (χ0) is 19.5. The van der Waals surface area contributed by atoms with Crippen LogP contribution < -0.4 is 10.2 Å². The van der Waals surface area contributed by atoms with Crippen molar-refractivity contribution in [2.45, 2.75) is 6.54 Å². The van der Waals surface area contributed by atoms with Crippen LogP contribution in [0.5, 0.6) is 0 Å². The van der Waals surface area contributed by atoms with Crippen LogP contribution in [0.1, 0.15) is 5.69 Å². The number of amides is 1. The van der Waals surface area contributed by atoms with Gasteiger partial charge in [0.05, 0.1) is 24.1 Å². The molecule has 28 heavy (non-hydrogen) atoms. The van der Waals surface area contributed by atoms with E-state index in [1.165, 1.54) is 0 Å². The van der Waals surface area contributed by atoms with Gasteiger partial charge in [0.2, 0.25) is 5.91 Å². The van der Waals surface area contributed by atoms with E-state index in [2.05, 4.69) is 32.5 Å². The fraction of sp³-hybridized carbons (Fsp3) is 0.300. The molecule has 8 heteroatoms. The number of rotatable bonds is 3. The second-order valence-corrected chi connectivity index (χ2v) is 6.72. The zero-order valence-corrected chi connectivity index (χ0v) is 16.0. The number of pyridine rings is 1. The van der Waals surface area contributed by atoms with Crippen molar-refractivity contribution in [2.75, 3.05) is 31.6 Å². The van der Waals surface area contributed by atoms with Crippen LogP contribution in [0.3, 0.4) is 0 Å². The quantitative estimate of drug-likeness (QED) is 0.551. The summed E-state index contributed by atoms with van der Waals surface area (Å²) in [6.07, 6.45) is 5.39. The normalized spacial score (nSPS) is 15.4. The van der Waals surface area contributed by atoms with Gasteiger partial charge in [0.15, 0.2) is 5.96 Å². The lowest BCUT2D eigenvalue weighted by molar-refractivity contribution is -0.120. The maximum Gasteiger partial charge on any atom is 0.246 e. The van der Waals surface area contributed by atoms with Crippen molar-refractivity contribution in [3.63, 3.8) is 0 Å². The Morgan fingerprint density at radius 3 is 2.86 bits per heavy atom. The highest BCUT2D eigenvalue weighted by atomic mass is 16.2. The Morgan fingerprint density at radius 1 is 1.25 bits per heavy atom. The minimum atomic E-state index is 0.0329. The highest BCUT2D eigenvalue weighted by molar-refractivity contribution is 5.98. The lowest BCUT2D eigenvalue weighted by atomic mass is 10.1. The molecule has 1 saturated heterocycles. The van der Waals surface area contributed by atoms with Crippen molar-refractivity contribution in [2.24, 2.45) is 12.0 Å². The summed E-state index contributed by atoms with van der Waals surface area (Å²) >= 11 is 0. The molecule has 1 N–H and O–H groups in total. The summed E-state index contributed by atoms with van der Waals surface area (Å²) in [6, 6.07) is 10.2. The molecule has 144 valence electrons. The van der Waals surface area contributed by atoms with E-state index in [4.69, 9.17) is 0 Å². The first-order valence-corrected chi connectivity index (χ1v) is 9.23. The number of guanidine groups is 1. The molecule has 1 aromatic carbocycles. The molecule has 0 atom stereocenters. The van der Waals surface area contributed by atoms with Crippen LogP contribution in [0, 0.1) is 0 Å². The molecule has 4 rings (SSSR count). The molecule has 1 aliphatic rings. The maximum absolute atomic E-state index is 12.6. The van der Waals surface area contributed by atoms with Crippen LogP contribution in [0.15, 0.2) is 53.9 Å². The van der Waals surface area contributed by atoms with Crippen molar-refractivity contribution < 1.29 is 4.79 Å². The number of aromatic nitrogens is 3. The predicted molar refractivity (Wildman–Crippen MR) is 109 cm³/mol. The second-order valence-electron chi connectivity index (χ2n) is 6.72. The molecular weight excluding hydrogens is 354 g/mol. The fourth-order valence-corrected chi connectivity index (χ4v) is 3.49. The Hall–Kier alpha value is -3.42. The third kappa shape index (κ3) is 3.53. The molecule has 1 amide bonds. The summed E-state index contributed by atoms with van der Waals surface area (Å²) in [6.45, 7) is 2.11. The van der Waals surface area contributed by atoms with E-state index < -0.39 is 0 Å². The highest BCUT2D eigenvalue weighted by Gasteiger charge is 2.27. The summed E-state index contributed by atoms with van der Waals surface area (Å²) in [5.74, 6) is 0.736. The van der Waals surface area contributed by atoms with Gasteiger partial charge in [0.1, 0.15) is 6.54 Å². The van der Waals surface area contributed by atoms with Crippen LogP contribution >= 0.6 is 0 Å². The van der Waals surface area contributed by atoms with Gasteiger partial charge in [-0.25, -0.2) is 0 Å². The van der Waals surface area contributed by atoms with Gasteiger partial charge in [-0.2, -0.15) is 5.10 Å². The standard InChI is InChI=1S/C20H23N7O/c1-21-20(23-12-18-17-6-4-3-5-15(17)7-8-22-18)26-9-10-27(19(28)14-26)16-11-24-25(2)13-16/h3-8,11,13H,9-10,12,14H2,1-2H3,(H,21,23). The number of hydrogen-bond acceptors (Lipinski definition) is 4. The number of piperazine rings is 1. The van der Waals surface area contributed by atoms with Crippen molar-refractivity contribution >= 4 is 28.3 Å². The van der Waals surface area contributed by atoms with Crippen molar-refractivity contribution in [3.05, 3.63) is 54.6 Å². The average Bonchev–Trinajstić information content (AvgIpc) is 3.14. The molecule has 8 nitrogen and oxygen atoms in total. The van der Waals surface area contributed by atoms with Gasteiger partial charge in [0.25, 0.3) is 0 Å². The molecule has 3 aromatic rings. The number of carbonyl (C=O) groups excluding carboxylic acids is 1. The van der Waals surface area contributed by atoms with E-state index in [0.717, 1.165) is 22.2 Å². The van der Waals surface area contributed by atoms with Crippen molar-refractivity contribution in [1.29, 1.82) is 0 Å². The molecule has 0 unspecified atom stereocenters. The summed E-state index contributed by atoms with van der Waals surface area (Å²) in [5, 5.41) is 9.78. The highest BCUT2D eigenvalue weighted by Crippen LogP contribution is 2.17. The van der Waals surface area contributed by atoms with Gasteiger partial charge in [0, 0.05) is 45.0 Å².